The van der Waals surface area contributed by atoms with E-state index in [-0.39, 0.29) is 23.9 Å². The van der Waals surface area contributed by atoms with E-state index in [1.54, 1.807) is 30.1 Å². The number of carbonyl (C=O) groups is 2. The van der Waals surface area contributed by atoms with E-state index in [1.807, 2.05) is 6.92 Å². The highest BCUT2D eigenvalue weighted by atomic mass is 19.1. The third-order valence-corrected chi connectivity index (χ3v) is 4.60. The molecule has 4 nitrogen and oxygen atoms in total. The number of hydrogen-bond donors (Lipinski definition) is 0. The molecule has 0 saturated heterocycles. The average molecular weight is 363 g/mol. The van der Waals surface area contributed by atoms with Crippen molar-refractivity contribution in [2.24, 2.45) is 0 Å². The molecule has 2 aromatic carbocycles. The molecule has 1 amide bonds. The largest absolute Gasteiger partial charge is 0.457 e. The normalized spacial score (nSPS) is 16.4. The summed E-state index contributed by atoms with van der Waals surface area (Å²) in [5.41, 5.74) is 1.30. The summed E-state index contributed by atoms with van der Waals surface area (Å²) in [5.74, 6) is -4.14. The van der Waals surface area contributed by atoms with Crippen LogP contribution in [0.2, 0.25) is 0 Å². The van der Waals surface area contributed by atoms with Crippen LogP contribution in [0, 0.1) is 17.5 Å². The predicted molar refractivity (Wildman–Crippen MR) is 86.8 cm³/mol. The summed E-state index contributed by atoms with van der Waals surface area (Å²) in [7, 11) is 1.71. The monoisotopic (exact) mass is 363 g/mol. The molecule has 1 heterocycles. The van der Waals surface area contributed by atoms with Gasteiger partial charge in [0.15, 0.2) is 0 Å². The van der Waals surface area contributed by atoms with Crippen molar-refractivity contribution in [3.63, 3.8) is 0 Å². The molecule has 0 radical (unpaired) electrons. The lowest BCUT2D eigenvalue weighted by molar-refractivity contribution is -0.132. The minimum absolute atomic E-state index is 0.0639. The first-order valence-electron chi connectivity index (χ1n) is 7.97. The Kier molecular flexibility index (Phi) is 4.71. The van der Waals surface area contributed by atoms with Gasteiger partial charge in [0.2, 0.25) is 5.91 Å². The van der Waals surface area contributed by atoms with Crippen LogP contribution in [0.4, 0.5) is 13.2 Å². The van der Waals surface area contributed by atoms with E-state index >= 15 is 0 Å². The standard InChI is InChI=1S/C19H16F3NO3/c1-10-14-4-3-11(5-12(14)6-18(24)23(10)2)19(25)26-9-15-16(21)7-13(20)8-17(15)22/h3-5,7-8,10H,6,9H2,1-2H3/t10-/m0/s1. The first-order chi connectivity index (χ1) is 12.3. The van der Waals surface area contributed by atoms with Gasteiger partial charge < -0.3 is 9.64 Å². The fourth-order valence-corrected chi connectivity index (χ4v) is 2.94. The van der Waals surface area contributed by atoms with Crippen LogP contribution in [0.3, 0.4) is 0 Å². The van der Waals surface area contributed by atoms with Crippen LogP contribution in [-0.4, -0.2) is 23.8 Å². The lowest BCUT2D eigenvalue weighted by Gasteiger charge is -2.32. The van der Waals surface area contributed by atoms with Gasteiger partial charge in [-0.2, -0.15) is 0 Å². The lowest BCUT2D eigenvalue weighted by Crippen LogP contribution is -2.35. The number of likely N-dealkylation sites (N-methyl/N-ethyl adjacent to an activating group) is 1. The van der Waals surface area contributed by atoms with Crippen LogP contribution in [0.15, 0.2) is 30.3 Å². The van der Waals surface area contributed by atoms with Crippen LogP contribution < -0.4 is 0 Å². The Hall–Kier alpha value is -2.83. The molecule has 3 rings (SSSR count). The molecule has 1 aliphatic heterocycles. The van der Waals surface area contributed by atoms with Gasteiger partial charge >= 0.3 is 5.97 Å². The van der Waals surface area contributed by atoms with Crippen LogP contribution in [0.5, 0.6) is 0 Å². The second kappa shape index (κ2) is 6.82. The number of amides is 1. The van der Waals surface area contributed by atoms with Gasteiger partial charge in [-0.05, 0) is 30.2 Å². The van der Waals surface area contributed by atoms with E-state index in [0.717, 1.165) is 5.56 Å². The highest BCUT2D eigenvalue weighted by molar-refractivity contribution is 5.90. The van der Waals surface area contributed by atoms with Crippen molar-refractivity contribution in [1.29, 1.82) is 0 Å². The van der Waals surface area contributed by atoms with Gasteiger partial charge in [0.25, 0.3) is 0 Å². The average Bonchev–Trinajstić information content (AvgIpc) is 2.58. The number of halogens is 3. The molecule has 0 unspecified atom stereocenters. The number of rotatable bonds is 3. The number of hydrogen-bond acceptors (Lipinski definition) is 3. The molecule has 1 aliphatic rings. The first kappa shape index (κ1) is 18.0. The van der Waals surface area contributed by atoms with Crippen LogP contribution in [-0.2, 0) is 22.6 Å². The summed E-state index contributed by atoms with van der Waals surface area (Å²) in [6, 6.07) is 5.76. The van der Waals surface area contributed by atoms with Crippen molar-refractivity contribution in [3.8, 4) is 0 Å². The van der Waals surface area contributed by atoms with Gasteiger partial charge in [0.1, 0.15) is 24.1 Å². The third-order valence-electron chi connectivity index (χ3n) is 4.60. The summed E-state index contributed by atoms with van der Waals surface area (Å²) >= 11 is 0. The molecule has 136 valence electrons. The van der Waals surface area contributed by atoms with E-state index < -0.39 is 35.6 Å². The quantitative estimate of drug-likeness (QED) is 0.784. The van der Waals surface area contributed by atoms with Crippen molar-refractivity contribution in [2.45, 2.75) is 26.0 Å². The SMILES string of the molecule is C[C@H]1c2ccc(C(=O)OCc3c(F)cc(F)cc3F)cc2CC(=O)N1C. The van der Waals surface area contributed by atoms with Crippen LogP contribution >= 0.6 is 0 Å². The molecule has 1 atom stereocenters. The highest BCUT2D eigenvalue weighted by Gasteiger charge is 2.27. The second-order valence-electron chi connectivity index (χ2n) is 6.20. The number of ether oxygens (including phenoxy) is 1. The zero-order valence-corrected chi connectivity index (χ0v) is 14.2. The first-order valence-corrected chi connectivity index (χ1v) is 7.97. The van der Waals surface area contributed by atoms with Gasteiger partial charge in [-0.25, -0.2) is 18.0 Å². The maximum Gasteiger partial charge on any atom is 0.338 e. The molecule has 0 bridgehead atoms. The lowest BCUT2D eigenvalue weighted by atomic mass is 9.92. The zero-order chi connectivity index (χ0) is 19.0. The molecule has 0 aromatic heterocycles. The second-order valence-corrected chi connectivity index (χ2v) is 6.20. The molecule has 0 fully saturated rings. The third kappa shape index (κ3) is 3.29. The summed E-state index contributed by atoms with van der Waals surface area (Å²) in [6.07, 6.45) is 0.165. The molecule has 0 N–H and O–H groups in total. The van der Waals surface area contributed by atoms with Gasteiger partial charge in [0.05, 0.1) is 23.6 Å². The number of nitrogens with zero attached hydrogens (tertiary/aromatic N) is 1. The van der Waals surface area contributed by atoms with E-state index in [2.05, 4.69) is 0 Å². The van der Waals surface area contributed by atoms with Crippen molar-refractivity contribution >= 4 is 11.9 Å². The van der Waals surface area contributed by atoms with Gasteiger partial charge in [0, 0.05) is 19.2 Å². The Balaban J connectivity index is 1.78. The molecule has 0 saturated carbocycles. The number of esters is 1. The maximum absolute atomic E-state index is 13.6. The fourth-order valence-electron chi connectivity index (χ4n) is 2.94. The van der Waals surface area contributed by atoms with Crippen LogP contribution in [0.1, 0.15) is 40.0 Å². The Morgan fingerprint density at radius 2 is 1.85 bits per heavy atom. The number of fused-ring (bicyclic) bond motifs is 1. The topological polar surface area (TPSA) is 46.6 Å². The van der Waals surface area contributed by atoms with E-state index in [4.69, 9.17) is 4.74 Å². The van der Waals surface area contributed by atoms with Gasteiger partial charge in [-0.3, -0.25) is 4.79 Å². The van der Waals surface area contributed by atoms with Crippen molar-refractivity contribution in [1.82, 2.24) is 4.90 Å². The summed E-state index contributed by atoms with van der Waals surface area (Å²) < 4.78 is 45.0. The molecule has 0 spiro atoms. The molecule has 26 heavy (non-hydrogen) atoms. The van der Waals surface area contributed by atoms with Crippen molar-refractivity contribution < 1.29 is 27.5 Å². The Morgan fingerprint density at radius 3 is 2.50 bits per heavy atom. The summed E-state index contributed by atoms with van der Waals surface area (Å²) in [6.45, 7) is 1.22. The van der Waals surface area contributed by atoms with E-state index in [0.29, 0.717) is 17.7 Å². The Morgan fingerprint density at radius 1 is 1.19 bits per heavy atom. The van der Waals surface area contributed by atoms with Crippen molar-refractivity contribution in [3.05, 3.63) is 70.0 Å². The summed E-state index contributed by atoms with van der Waals surface area (Å²) in [4.78, 5) is 25.8. The minimum atomic E-state index is -1.12. The number of carbonyl (C=O) groups excluding carboxylic acids is 2. The van der Waals surface area contributed by atoms with Gasteiger partial charge in [-0.1, -0.05) is 6.07 Å². The zero-order valence-electron chi connectivity index (χ0n) is 14.2. The minimum Gasteiger partial charge on any atom is -0.457 e. The smallest absolute Gasteiger partial charge is 0.338 e. The molecular formula is C19H16F3NO3. The molecule has 7 heteroatoms. The van der Waals surface area contributed by atoms with Gasteiger partial charge in [-0.15, -0.1) is 0 Å². The Labute approximate surface area is 148 Å². The van der Waals surface area contributed by atoms with E-state index in [9.17, 15) is 22.8 Å². The van der Waals surface area contributed by atoms with Crippen LogP contribution in [0.25, 0.3) is 0 Å². The molecular weight excluding hydrogens is 347 g/mol. The predicted octanol–water partition coefficient (Wildman–Crippen LogP) is 3.54. The molecule has 2 aromatic rings. The number of benzene rings is 2. The highest BCUT2D eigenvalue weighted by Crippen LogP contribution is 2.29. The summed E-state index contributed by atoms with van der Waals surface area (Å²) in [5, 5.41) is 0. The Bertz CT molecular complexity index is 875. The molecule has 0 aliphatic carbocycles. The fraction of sp³-hybridized carbons (Fsp3) is 0.263. The van der Waals surface area contributed by atoms with Crippen molar-refractivity contribution in [2.75, 3.05) is 7.05 Å². The van der Waals surface area contributed by atoms with E-state index in [1.165, 1.54) is 0 Å². The maximum atomic E-state index is 13.6.